The molecule has 0 saturated heterocycles. The Morgan fingerprint density at radius 3 is 2.09 bits per heavy atom. The van der Waals surface area contributed by atoms with E-state index in [1.807, 2.05) is 24.3 Å². The monoisotopic (exact) mass is 645 g/mol. The van der Waals surface area contributed by atoms with Gasteiger partial charge in [0.2, 0.25) is 0 Å². The van der Waals surface area contributed by atoms with Gasteiger partial charge in [-0.1, -0.05) is 0 Å². The van der Waals surface area contributed by atoms with Crippen molar-refractivity contribution in [3.8, 4) is 0 Å². The molecule has 214 valence electrons. The molecule has 7 aliphatic rings. The minimum absolute atomic E-state index is 0.0214. The van der Waals surface area contributed by atoms with Crippen molar-refractivity contribution in [1.29, 1.82) is 0 Å². The molecule has 1 aromatic heterocycles. The van der Waals surface area contributed by atoms with Crippen LogP contribution >= 0.6 is 0 Å². The molecule has 0 amide bonds. The van der Waals surface area contributed by atoms with Crippen molar-refractivity contribution in [3.05, 3.63) is 99.5 Å². The molecule has 0 unspecified atom stereocenters. The molecule has 3 heterocycles. The maximum absolute atomic E-state index is 13.5. The topological polar surface area (TPSA) is 37.4 Å². The number of benzene rings is 3. The summed E-state index contributed by atoms with van der Waals surface area (Å²) in [5.41, 5.74) is 7.36. The molecule has 3 aromatic carbocycles. The van der Waals surface area contributed by atoms with E-state index in [2.05, 4.69) is 66.5 Å². The number of carbonyl (C=O) groups is 2. The molecular weight excluding hydrogens is 609 g/mol. The second-order valence-electron chi connectivity index (χ2n) is 14.8. The summed E-state index contributed by atoms with van der Waals surface area (Å²) in [7, 11) is -1.92. The third-order valence-corrected chi connectivity index (χ3v) is 18.4. The van der Waals surface area contributed by atoms with Crippen LogP contribution in [0.25, 0.3) is 0 Å². The second kappa shape index (κ2) is 8.38. The van der Waals surface area contributed by atoms with E-state index in [1.54, 1.807) is 16.3 Å². The van der Waals surface area contributed by atoms with Gasteiger partial charge in [-0.25, -0.2) is 0 Å². The standard InChI is InChI=1S/C38H35NO2SeSi/c1-43(2)32-12-6-5-11-31(32)39-34-29(10-7-13-33(34)43)38(23-15-21-14-22(17-23)18-24(38)16-21)30-20-25(42-37(30)39)19-28-35(40)26-8-3-4-9-27(26)36(28)41/h3-13,20-24,28H,14-19H2,1-2H3. The van der Waals surface area contributed by atoms with Gasteiger partial charge in [0, 0.05) is 0 Å². The van der Waals surface area contributed by atoms with Gasteiger partial charge in [-0.15, -0.1) is 0 Å². The molecule has 4 fully saturated rings. The SMILES string of the molecule is C[Si]1(C)c2ccccc2N2c3[se]c(CC4C(=O)c5ccccc5C4=O)cc3C3(c4cccc1c42)C1CC2CC(C1)CC3C2. The molecule has 11 rings (SSSR count). The number of fused-ring (bicyclic) bond motifs is 5. The van der Waals surface area contributed by atoms with E-state index in [1.165, 1.54) is 57.7 Å². The number of hydrogen-bond acceptors (Lipinski definition) is 3. The quantitative estimate of drug-likeness (QED) is 0.181. The first-order valence-electron chi connectivity index (χ1n) is 16.2. The van der Waals surface area contributed by atoms with Gasteiger partial charge in [-0.3, -0.25) is 0 Å². The van der Waals surface area contributed by atoms with Gasteiger partial charge in [0.05, 0.1) is 0 Å². The van der Waals surface area contributed by atoms with Gasteiger partial charge >= 0.3 is 261 Å². The van der Waals surface area contributed by atoms with Crippen LogP contribution in [0.15, 0.2) is 72.8 Å². The van der Waals surface area contributed by atoms with E-state index < -0.39 is 14.0 Å². The van der Waals surface area contributed by atoms with Crippen molar-refractivity contribution < 1.29 is 9.59 Å². The number of carbonyl (C=O) groups excluding carboxylic acids is 2. The van der Waals surface area contributed by atoms with Crippen molar-refractivity contribution in [1.82, 2.24) is 0 Å². The number of nitrogens with zero attached hydrogens (tertiary/aromatic N) is 1. The Labute approximate surface area is 260 Å². The Morgan fingerprint density at radius 2 is 1.40 bits per heavy atom. The summed E-state index contributed by atoms with van der Waals surface area (Å²) < 4.78 is 2.83. The Kier molecular flexibility index (Phi) is 4.94. The van der Waals surface area contributed by atoms with Gasteiger partial charge in [0.15, 0.2) is 0 Å². The van der Waals surface area contributed by atoms with Crippen LogP contribution in [0.3, 0.4) is 0 Å². The summed E-state index contributed by atoms with van der Waals surface area (Å²) >= 11 is 0.0628. The average molecular weight is 645 g/mol. The van der Waals surface area contributed by atoms with Gasteiger partial charge in [0.1, 0.15) is 0 Å². The van der Waals surface area contributed by atoms with Crippen molar-refractivity contribution in [2.45, 2.75) is 57.0 Å². The zero-order chi connectivity index (χ0) is 28.8. The molecule has 4 bridgehead atoms. The van der Waals surface area contributed by atoms with E-state index in [9.17, 15) is 9.59 Å². The van der Waals surface area contributed by atoms with Crippen molar-refractivity contribution >= 4 is 60.5 Å². The molecule has 5 aliphatic carbocycles. The van der Waals surface area contributed by atoms with E-state index in [0.717, 1.165) is 11.8 Å². The predicted molar refractivity (Wildman–Crippen MR) is 175 cm³/mol. The van der Waals surface area contributed by atoms with Crippen molar-refractivity contribution in [2.75, 3.05) is 4.90 Å². The van der Waals surface area contributed by atoms with Crippen LogP contribution in [0.4, 0.5) is 15.9 Å². The van der Waals surface area contributed by atoms with Crippen molar-refractivity contribution in [3.63, 3.8) is 0 Å². The Balaban J connectivity index is 1.21. The summed E-state index contributed by atoms with van der Waals surface area (Å²) in [5.74, 6) is 2.64. The van der Waals surface area contributed by atoms with Crippen LogP contribution in [0.2, 0.25) is 13.1 Å². The first kappa shape index (κ1) is 25.4. The number of anilines is 3. The molecule has 0 N–H and O–H groups in total. The summed E-state index contributed by atoms with van der Waals surface area (Å²) in [5, 5.41) is 3.11. The molecular formula is C38H35NO2SeSi. The van der Waals surface area contributed by atoms with Crippen LogP contribution in [-0.2, 0) is 11.8 Å². The first-order valence-corrected chi connectivity index (χ1v) is 20.9. The fraction of sp³-hybridized carbons (Fsp3) is 0.368. The van der Waals surface area contributed by atoms with Crippen LogP contribution in [0.1, 0.15) is 68.4 Å². The van der Waals surface area contributed by atoms with Crippen LogP contribution in [0, 0.1) is 29.6 Å². The average Bonchev–Trinajstić information content (AvgIpc) is 3.53. The zero-order valence-corrected chi connectivity index (χ0v) is 27.4. The van der Waals surface area contributed by atoms with Crippen LogP contribution < -0.4 is 15.3 Å². The molecule has 2 aliphatic heterocycles. The molecule has 43 heavy (non-hydrogen) atoms. The van der Waals surface area contributed by atoms with E-state index in [0.29, 0.717) is 29.4 Å². The van der Waals surface area contributed by atoms with Gasteiger partial charge in [-0.2, -0.15) is 0 Å². The second-order valence-corrected chi connectivity index (χ2v) is 21.5. The molecule has 3 nitrogen and oxygen atoms in total. The first-order chi connectivity index (χ1) is 20.9. The number of Topliss-reactive ketones (excluding diaryl/α,β-unsaturated/α-hetero) is 2. The predicted octanol–water partition coefficient (Wildman–Crippen LogP) is 6.64. The number of rotatable bonds is 2. The minimum atomic E-state index is -1.92. The fourth-order valence-corrected chi connectivity index (χ4v) is 16.7. The molecule has 0 atom stereocenters. The zero-order valence-electron chi connectivity index (χ0n) is 24.7. The Morgan fingerprint density at radius 1 is 0.767 bits per heavy atom. The molecule has 5 heteroatoms. The molecule has 1 spiro atoms. The van der Waals surface area contributed by atoms with Gasteiger partial charge in [0.25, 0.3) is 0 Å². The van der Waals surface area contributed by atoms with Gasteiger partial charge in [-0.05, 0) is 0 Å². The molecule has 0 radical (unpaired) electrons. The van der Waals surface area contributed by atoms with E-state index in [-0.39, 0.29) is 31.5 Å². The fourth-order valence-electron chi connectivity index (χ4n) is 11.0. The molecule has 4 saturated carbocycles. The Bertz CT molecular complexity index is 1860. The number of ketones is 2. The number of hydrogen-bond donors (Lipinski definition) is 0. The summed E-state index contributed by atoms with van der Waals surface area (Å²) in [6, 6.07) is 26.5. The van der Waals surface area contributed by atoms with Crippen LogP contribution in [0.5, 0.6) is 0 Å². The maximum atomic E-state index is 13.5. The van der Waals surface area contributed by atoms with E-state index >= 15 is 0 Å². The third-order valence-electron chi connectivity index (χ3n) is 12.5. The van der Waals surface area contributed by atoms with E-state index in [4.69, 9.17) is 0 Å². The number of para-hydroxylation sites is 2. The summed E-state index contributed by atoms with van der Waals surface area (Å²) in [6.45, 7) is 5.09. The summed E-state index contributed by atoms with van der Waals surface area (Å²) in [6.07, 6.45) is 7.44. The normalized spacial score (nSPS) is 30.4. The Hall–Kier alpha value is -2.98. The van der Waals surface area contributed by atoms with Gasteiger partial charge < -0.3 is 0 Å². The third kappa shape index (κ3) is 3.02. The van der Waals surface area contributed by atoms with Crippen LogP contribution in [-0.4, -0.2) is 34.1 Å². The van der Waals surface area contributed by atoms with Crippen molar-refractivity contribution in [2.24, 2.45) is 29.6 Å². The summed E-state index contributed by atoms with van der Waals surface area (Å²) in [4.78, 5) is 29.7. The molecule has 4 aromatic rings.